The number of ether oxygens (including phenoxy) is 1. The van der Waals surface area contributed by atoms with Crippen LogP contribution in [-0.4, -0.2) is 42.5 Å². The molecule has 0 atom stereocenters. The molecule has 6 heteroatoms. The fraction of sp³-hybridized carbons (Fsp3) is 0.636. The van der Waals surface area contributed by atoms with Crippen molar-refractivity contribution >= 4 is 23.4 Å². The van der Waals surface area contributed by atoms with E-state index in [1.54, 1.807) is 7.11 Å². The number of aromatic nitrogens is 2. The van der Waals surface area contributed by atoms with Gasteiger partial charge in [0.15, 0.2) is 5.16 Å². The number of thioether (sulfide) groups is 1. The van der Waals surface area contributed by atoms with Crippen LogP contribution in [0.4, 0.5) is 11.6 Å². The second kappa shape index (κ2) is 6.07. The molecule has 1 aromatic heterocycles. The maximum absolute atomic E-state index is 5.17. The molecule has 1 aromatic rings. The van der Waals surface area contributed by atoms with Gasteiger partial charge < -0.3 is 15.4 Å². The molecule has 0 radical (unpaired) electrons. The molecule has 0 saturated carbocycles. The molecule has 5 nitrogen and oxygen atoms in total. The van der Waals surface area contributed by atoms with Crippen LogP contribution >= 0.6 is 11.8 Å². The number of nitrogens with zero attached hydrogens (tertiary/aromatic N) is 2. The van der Waals surface area contributed by atoms with Crippen molar-refractivity contribution in [3.8, 4) is 0 Å². The summed E-state index contributed by atoms with van der Waals surface area (Å²) in [6.07, 6.45) is 1.96. The molecule has 0 aromatic carbocycles. The van der Waals surface area contributed by atoms with Crippen molar-refractivity contribution in [1.82, 2.24) is 9.97 Å². The lowest BCUT2D eigenvalue weighted by atomic mass is 10.1. The average Bonchev–Trinajstić information content (AvgIpc) is 2.27. The lowest BCUT2D eigenvalue weighted by Gasteiger charge is -2.26. The molecule has 0 fully saturated rings. The maximum atomic E-state index is 5.17. The molecular weight excluding hydrogens is 236 g/mol. The van der Waals surface area contributed by atoms with E-state index < -0.39 is 0 Å². The van der Waals surface area contributed by atoms with Gasteiger partial charge in [0.25, 0.3) is 0 Å². The highest BCUT2D eigenvalue weighted by Crippen LogP contribution is 2.20. The molecular formula is C11H20N4OS. The molecule has 0 aliphatic heterocycles. The molecule has 0 amide bonds. The van der Waals surface area contributed by atoms with E-state index in [-0.39, 0.29) is 5.54 Å². The zero-order valence-electron chi connectivity index (χ0n) is 11.0. The van der Waals surface area contributed by atoms with Gasteiger partial charge in [0.05, 0.1) is 12.1 Å². The van der Waals surface area contributed by atoms with E-state index >= 15 is 0 Å². The van der Waals surface area contributed by atoms with Crippen molar-refractivity contribution in [3.63, 3.8) is 0 Å². The third-order valence-corrected chi connectivity index (χ3v) is 2.66. The molecule has 96 valence electrons. The van der Waals surface area contributed by atoms with Crippen molar-refractivity contribution in [2.45, 2.75) is 24.5 Å². The van der Waals surface area contributed by atoms with Gasteiger partial charge in [-0.25, -0.2) is 9.97 Å². The quantitative estimate of drug-likeness (QED) is 0.600. The van der Waals surface area contributed by atoms with Crippen LogP contribution in [0, 0.1) is 0 Å². The van der Waals surface area contributed by atoms with Crippen molar-refractivity contribution in [1.29, 1.82) is 0 Å². The van der Waals surface area contributed by atoms with E-state index in [0.29, 0.717) is 6.61 Å². The smallest absolute Gasteiger partial charge is 0.191 e. The van der Waals surface area contributed by atoms with E-state index in [0.717, 1.165) is 16.8 Å². The summed E-state index contributed by atoms with van der Waals surface area (Å²) in [5, 5.41) is 7.11. The number of anilines is 2. The number of rotatable bonds is 6. The molecule has 0 unspecified atom stereocenters. The Morgan fingerprint density at radius 1 is 1.35 bits per heavy atom. The van der Waals surface area contributed by atoms with Gasteiger partial charge in [-0.05, 0) is 20.1 Å². The van der Waals surface area contributed by atoms with Crippen molar-refractivity contribution in [2.24, 2.45) is 0 Å². The molecule has 17 heavy (non-hydrogen) atoms. The van der Waals surface area contributed by atoms with Crippen LogP contribution in [0.3, 0.4) is 0 Å². The molecule has 0 aliphatic carbocycles. The molecule has 1 heterocycles. The monoisotopic (exact) mass is 256 g/mol. The first kappa shape index (κ1) is 14.1. The second-order valence-corrected chi connectivity index (χ2v) is 5.09. The zero-order chi connectivity index (χ0) is 12.9. The largest absolute Gasteiger partial charge is 0.382 e. The molecule has 1 rings (SSSR count). The van der Waals surface area contributed by atoms with Gasteiger partial charge >= 0.3 is 0 Å². The molecule has 0 bridgehead atoms. The first-order valence-electron chi connectivity index (χ1n) is 5.38. The summed E-state index contributed by atoms with van der Waals surface area (Å²) in [6.45, 7) is 4.74. The minimum Gasteiger partial charge on any atom is -0.382 e. The van der Waals surface area contributed by atoms with Crippen LogP contribution in [-0.2, 0) is 4.74 Å². The molecule has 0 saturated heterocycles. The van der Waals surface area contributed by atoms with E-state index in [1.807, 2.05) is 19.4 Å². The summed E-state index contributed by atoms with van der Waals surface area (Å²) in [5.41, 5.74) is -0.163. The first-order valence-corrected chi connectivity index (χ1v) is 6.61. The Balaban J connectivity index is 2.89. The molecule has 0 spiro atoms. The van der Waals surface area contributed by atoms with Gasteiger partial charge in [0.2, 0.25) is 0 Å². The fourth-order valence-corrected chi connectivity index (χ4v) is 1.83. The Hall–Kier alpha value is -1.01. The van der Waals surface area contributed by atoms with Crippen molar-refractivity contribution < 1.29 is 4.74 Å². The summed E-state index contributed by atoms with van der Waals surface area (Å²) < 4.78 is 5.17. The predicted octanol–water partition coefficient (Wildman–Crippen LogP) is 2.08. The Labute approximate surface area is 107 Å². The third kappa shape index (κ3) is 4.40. The fourth-order valence-electron chi connectivity index (χ4n) is 1.45. The summed E-state index contributed by atoms with van der Waals surface area (Å²) >= 11 is 1.52. The normalized spacial score (nSPS) is 11.4. The summed E-state index contributed by atoms with van der Waals surface area (Å²) in [5.74, 6) is 1.61. The first-order chi connectivity index (χ1) is 8.00. The van der Waals surface area contributed by atoms with E-state index in [2.05, 4.69) is 34.4 Å². The van der Waals surface area contributed by atoms with Gasteiger partial charge in [-0.1, -0.05) is 11.8 Å². The topological polar surface area (TPSA) is 59.1 Å². The average molecular weight is 256 g/mol. The molecule has 0 aliphatic rings. The van der Waals surface area contributed by atoms with Gasteiger partial charge in [-0.2, -0.15) is 0 Å². The summed E-state index contributed by atoms with van der Waals surface area (Å²) in [6, 6.07) is 1.89. The van der Waals surface area contributed by atoms with Gasteiger partial charge in [0.1, 0.15) is 11.6 Å². The van der Waals surface area contributed by atoms with Crippen LogP contribution < -0.4 is 10.6 Å². The minimum absolute atomic E-state index is 0.163. The van der Waals surface area contributed by atoms with E-state index in [4.69, 9.17) is 4.74 Å². The highest BCUT2D eigenvalue weighted by molar-refractivity contribution is 7.98. The number of hydrogen-bond acceptors (Lipinski definition) is 6. The van der Waals surface area contributed by atoms with E-state index in [1.165, 1.54) is 11.8 Å². The Kier molecular flexibility index (Phi) is 5.02. The minimum atomic E-state index is -0.163. The van der Waals surface area contributed by atoms with Crippen molar-refractivity contribution in [3.05, 3.63) is 6.07 Å². The van der Waals surface area contributed by atoms with Crippen LogP contribution in [0.1, 0.15) is 13.8 Å². The highest BCUT2D eigenvalue weighted by atomic mass is 32.2. The SMILES string of the molecule is CNc1cc(NC(C)(C)COC)nc(SC)n1. The van der Waals surface area contributed by atoms with E-state index in [9.17, 15) is 0 Å². The predicted molar refractivity (Wildman–Crippen MR) is 72.9 cm³/mol. The summed E-state index contributed by atoms with van der Waals surface area (Å²) in [4.78, 5) is 8.73. The second-order valence-electron chi connectivity index (χ2n) is 4.32. The van der Waals surface area contributed by atoms with Gasteiger partial charge in [0, 0.05) is 20.2 Å². The Bertz CT molecular complexity index is 348. The lowest BCUT2D eigenvalue weighted by Crippen LogP contribution is -2.36. The van der Waals surface area contributed by atoms with Crippen molar-refractivity contribution in [2.75, 3.05) is 37.7 Å². The van der Waals surface area contributed by atoms with Crippen LogP contribution in [0.2, 0.25) is 0 Å². The van der Waals surface area contributed by atoms with Gasteiger partial charge in [-0.15, -0.1) is 0 Å². The standard InChI is InChI=1S/C11H20N4OS/c1-11(2,7-16-4)15-9-6-8(12-3)13-10(14-9)17-5/h6H,7H2,1-5H3,(H2,12,13,14,15). The number of methoxy groups -OCH3 is 1. The van der Waals surface area contributed by atoms with Crippen LogP contribution in [0.5, 0.6) is 0 Å². The zero-order valence-corrected chi connectivity index (χ0v) is 11.8. The Morgan fingerprint density at radius 2 is 2.00 bits per heavy atom. The third-order valence-electron chi connectivity index (χ3n) is 2.12. The van der Waals surface area contributed by atoms with Crippen LogP contribution in [0.15, 0.2) is 11.2 Å². The number of hydrogen-bond donors (Lipinski definition) is 2. The summed E-state index contributed by atoms with van der Waals surface area (Å²) in [7, 11) is 3.53. The number of nitrogens with one attached hydrogen (secondary N) is 2. The highest BCUT2D eigenvalue weighted by Gasteiger charge is 2.18. The maximum Gasteiger partial charge on any atom is 0.191 e. The Morgan fingerprint density at radius 3 is 2.53 bits per heavy atom. The molecule has 2 N–H and O–H groups in total. The van der Waals surface area contributed by atoms with Crippen LogP contribution in [0.25, 0.3) is 0 Å². The lowest BCUT2D eigenvalue weighted by molar-refractivity contribution is 0.158. The van der Waals surface area contributed by atoms with Gasteiger partial charge in [-0.3, -0.25) is 0 Å².